The minimum Gasteiger partial charge on any atom is -0.467 e. The van der Waals surface area contributed by atoms with Gasteiger partial charge in [0, 0.05) is 31.5 Å². The highest BCUT2D eigenvalue weighted by Gasteiger charge is 2.36. The molecule has 1 aromatic heterocycles. The van der Waals surface area contributed by atoms with Crippen LogP contribution in [0.5, 0.6) is 0 Å². The molecule has 142 valence electrons. The van der Waals surface area contributed by atoms with Crippen molar-refractivity contribution in [1.29, 1.82) is 0 Å². The van der Waals surface area contributed by atoms with Crippen LogP contribution in [0.1, 0.15) is 37.0 Å². The Kier molecular flexibility index (Phi) is 5.28. The molecule has 1 aliphatic carbocycles. The molecule has 0 spiro atoms. The number of likely N-dealkylation sites (tertiary alicyclic amines) is 1. The van der Waals surface area contributed by atoms with E-state index >= 15 is 0 Å². The highest BCUT2D eigenvalue weighted by molar-refractivity contribution is 5.82. The molecule has 27 heavy (non-hydrogen) atoms. The summed E-state index contributed by atoms with van der Waals surface area (Å²) >= 11 is 0. The quantitative estimate of drug-likeness (QED) is 0.787. The van der Waals surface area contributed by atoms with Crippen molar-refractivity contribution in [2.75, 3.05) is 13.1 Å². The van der Waals surface area contributed by atoms with Crippen LogP contribution < -0.4 is 0 Å². The average Bonchev–Trinajstić information content (AvgIpc) is 3.44. The zero-order chi connectivity index (χ0) is 18.6. The van der Waals surface area contributed by atoms with Gasteiger partial charge in [0.1, 0.15) is 5.76 Å². The van der Waals surface area contributed by atoms with E-state index in [-0.39, 0.29) is 23.7 Å². The second-order valence-electron chi connectivity index (χ2n) is 7.63. The van der Waals surface area contributed by atoms with Crippen LogP contribution in [0.2, 0.25) is 0 Å². The van der Waals surface area contributed by atoms with E-state index in [0.717, 1.165) is 37.0 Å². The third-order valence-corrected chi connectivity index (χ3v) is 5.54. The topological polar surface area (TPSA) is 53.8 Å². The van der Waals surface area contributed by atoms with Crippen molar-refractivity contribution in [3.05, 3.63) is 60.1 Å². The van der Waals surface area contributed by atoms with Crippen LogP contribution >= 0.6 is 0 Å². The third kappa shape index (κ3) is 4.41. The van der Waals surface area contributed by atoms with Gasteiger partial charge < -0.3 is 14.2 Å². The Hall–Kier alpha value is -2.56. The fourth-order valence-corrected chi connectivity index (χ4v) is 3.80. The number of hydrogen-bond acceptors (Lipinski definition) is 3. The minimum absolute atomic E-state index is 0.0214. The van der Waals surface area contributed by atoms with Crippen molar-refractivity contribution in [1.82, 2.24) is 9.80 Å². The Labute approximate surface area is 159 Å². The van der Waals surface area contributed by atoms with E-state index in [0.29, 0.717) is 26.2 Å². The standard InChI is InChI=1S/C22H26N2O3/c25-21(18-8-9-18)23-12-10-19(11-13-23)22(26)24(16-20-7-4-14-27-20)15-17-5-2-1-3-6-17/h1-7,14,18-19H,8-13,15-16H2. The number of carbonyl (C=O) groups excluding carboxylic acids is 2. The molecule has 1 aromatic carbocycles. The summed E-state index contributed by atoms with van der Waals surface area (Å²) in [6.07, 6.45) is 5.21. The molecule has 2 amide bonds. The van der Waals surface area contributed by atoms with Gasteiger partial charge in [-0.05, 0) is 43.4 Å². The lowest BCUT2D eigenvalue weighted by Crippen LogP contribution is -2.44. The molecule has 5 nitrogen and oxygen atoms in total. The van der Waals surface area contributed by atoms with E-state index < -0.39 is 0 Å². The molecule has 5 heteroatoms. The first kappa shape index (κ1) is 17.8. The van der Waals surface area contributed by atoms with Gasteiger partial charge in [0.25, 0.3) is 0 Å². The highest BCUT2D eigenvalue weighted by Crippen LogP contribution is 2.32. The first-order valence-electron chi connectivity index (χ1n) is 9.84. The van der Waals surface area contributed by atoms with Crippen molar-refractivity contribution in [3.8, 4) is 0 Å². The molecule has 2 fully saturated rings. The maximum atomic E-state index is 13.2. The van der Waals surface area contributed by atoms with Crippen molar-refractivity contribution in [2.45, 2.75) is 38.8 Å². The summed E-state index contributed by atoms with van der Waals surface area (Å²) in [5.41, 5.74) is 1.11. The van der Waals surface area contributed by atoms with E-state index in [1.165, 1.54) is 0 Å². The number of piperidine rings is 1. The predicted molar refractivity (Wildman–Crippen MR) is 101 cm³/mol. The van der Waals surface area contributed by atoms with Gasteiger partial charge in [0.2, 0.25) is 11.8 Å². The van der Waals surface area contributed by atoms with Gasteiger partial charge in [-0.3, -0.25) is 9.59 Å². The number of rotatable bonds is 6. The smallest absolute Gasteiger partial charge is 0.226 e. The van der Waals surface area contributed by atoms with Gasteiger partial charge in [0.15, 0.2) is 0 Å². The lowest BCUT2D eigenvalue weighted by Gasteiger charge is -2.34. The third-order valence-electron chi connectivity index (χ3n) is 5.54. The number of carbonyl (C=O) groups is 2. The van der Waals surface area contributed by atoms with E-state index in [1.54, 1.807) is 6.26 Å². The molecule has 0 radical (unpaired) electrons. The van der Waals surface area contributed by atoms with Crippen molar-refractivity contribution < 1.29 is 14.0 Å². The van der Waals surface area contributed by atoms with Crippen molar-refractivity contribution in [2.24, 2.45) is 11.8 Å². The molecule has 0 unspecified atom stereocenters. The molecule has 4 rings (SSSR count). The number of furan rings is 1. The van der Waals surface area contributed by atoms with Crippen molar-refractivity contribution in [3.63, 3.8) is 0 Å². The van der Waals surface area contributed by atoms with Crippen molar-refractivity contribution >= 4 is 11.8 Å². The molecule has 1 saturated heterocycles. The summed E-state index contributed by atoms with van der Waals surface area (Å²) in [6.45, 7) is 2.45. The molecule has 2 heterocycles. The summed E-state index contributed by atoms with van der Waals surface area (Å²) in [5.74, 6) is 1.48. The Morgan fingerprint density at radius 3 is 2.30 bits per heavy atom. The van der Waals surface area contributed by atoms with Crippen LogP contribution in [0, 0.1) is 11.8 Å². The first-order chi connectivity index (χ1) is 13.2. The van der Waals surface area contributed by atoms with E-state index in [2.05, 4.69) is 0 Å². The SMILES string of the molecule is O=C(C1CC1)N1CCC(C(=O)N(Cc2ccccc2)Cc2ccco2)CC1. The Morgan fingerprint density at radius 2 is 1.67 bits per heavy atom. The summed E-state index contributed by atoms with van der Waals surface area (Å²) in [7, 11) is 0. The zero-order valence-corrected chi connectivity index (χ0v) is 15.5. The maximum absolute atomic E-state index is 13.2. The Morgan fingerprint density at radius 1 is 0.926 bits per heavy atom. The summed E-state index contributed by atoms with van der Waals surface area (Å²) in [5, 5.41) is 0. The lowest BCUT2D eigenvalue weighted by atomic mass is 9.94. The zero-order valence-electron chi connectivity index (χ0n) is 15.5. The van der Waals surface area contributed by atoms with Gasteiger partial charge in [-0.25, -0.2) is 0 Å². The van der Waals surface area contributed by atoms with Crippen LogP contribution in [0.4, 0.5) is 0 Å². The van der Waals surface area contributed by atoms with E-state index in [1.807, 2.05) is 52.3 Å². The molecular weight excluding hydrogens is 340 g/mol. The molecule has 0 bridgehead atoms. The molecule has 0 atom stereocenters. The largest absolute Gasteiger partial charge is 0.467 e. The average molecular weight is 366 g/mol. The highest BCUT2D eigenvalue weighted by atomic mass is 16.3. The Balaban J connectivity index is 1.41. The fraction of sp³-hybridized carbons (Fsp3) is 0.455. The number of benzene rings is 1. The molecular formula is C22H26N2O3. The maximum Gasteiger partial charge on any atom is 0.226 e. The Bertz CT molecular complexity index is 760. The minimum atomic E-state index is -0.0214. The summed E-state index contributed by atoms with van der Waals surface area (Å²) in [6, 6.07) is 13.8. The van der Waals surface area contributed by atoms with Gasteiger partial charge in [0.05, 0.1) is 12.8 Å². The monoisotopic (exact) mass is 366 g/mol. The second-order valence-corrected chi connectivity index (χ2v) is 7.63. The van der Waals surface area contributed by atoms with Crippen LogP contribution in [-0.2, 0) is 22.7 Å². The summed E-state index contributed by atoms with van der Waals surface area (Å²) in [4.78, 5) is 29.3. The molecule has 1 aliphatic heterocycles. The molecule has 0 N–H and O–H groups in total. The van der Waals surface area contributed by atoms with Gasteiger partial charge in [-0.15, -0.1) is 0 Å². The van der Waals surface area contributed by atoms with E-state index in [9.17, 15) is 9.59 Å². The normalized spacial score (nSPS) is 17.7. The summed E-state index contributed by atoms with van der Waals surface area (Å²) < 4.78 is 5.47. The van der Waals surface area contributed by atoms with E-state index in [4.69, 9.17) is 4.42 Å². The fourth-order valence-electron chi connectivity index (χ4n) is 3.80. The second kappa shape index (κ2) is 7.99. The van der Waals surface area contributed by atoms with Crippen LogP contribution in [-0.4, -0.2) is 34.7 Å². The molecule has 2 aromatic rings. The predicted octanol–water partition coefficient (Wildman–Crippen LogP) is 3.46. The lowest BCUT2D eigenvalue weighted by molar-refractivity contribution is -0.142. The van der Waals surface area contributed by atoms with Crippen LogP contribution in [0.15, 0.2) is 53.1 Å². The number of hydrogen-bond donors (Lipinski definition) is 0. The number of amides is 2. The molecule has 2 aliphatic rings. The van der Waals surface area contributed by atoms with Gasteiger partial charge in [-0.2, -0.15) is 0 Å². The van der Waals surface area contributed by atoms with Gasteiger partial charge in [-0.1, -0.05) is 30.3 Å². The van der Waals surface area contributed by atoms with Crippen LogP contribution in [0.25, 0.3) is 0 Å². The van der Waals surface area contributed by atoms with Gasteiger partial charge >= 0.3 is 0 Å². The first-order valence-corrected chi connectivity index (χ1v) is 9.84. The molecule has 1 saturated carbocycles. The number of nitrogens with zero attached hydrogens (tertiary/aromatic N) is 2. The van der Waals surface area contributed by atoms with Crippen LogP contribution in [0.3, 0.4) is 0 Å².